The van der Waals surface area contributed by atoms with Gasteiger partial charge in [-0.05, 0) is 55.3 Å². The Balaban J connectivity index is 1.64. The van der Waals surface area contributed by atoms with Gasteiger partial charge in [-0.2, -0.15) is 0 Å². The average Bonchev–Trinajstić information content (AvgIpc) is 3.25. The van der Waals surface area contributed by atoms with Crippen molar-refractivity contribution in [1.29, 1.82) is 0 Å². The quantitative estimate of drug-likeness (QED) is 0.787. The van der Waals surface area contributed by atoms with E-state index in [1.165, 1.54) is 31.9 Å². The predicted octanol–water partition coefficient (Wildman–Crippen LogP) is 2.73. The molecule has 3 rings (SSSR count). The second-order valence-corrected chi connectivity index (χ2v) is 6.47. The van der Waals surface area contributed by atoms with Gasteiger partial charge < -0.3 is 14.8 Å². The molecular weight excluding hydrogens is 278 g/mol. The normalized spacial score (nSPS) is 22.3. The van der Waals surface area contributed by atoms with Gasteiger partial charge in [0.2, 0.25) is 0 Å². The fraction of sp³-hybridized carbons (Fsp3) is 0.611. The van der Waals surface area contributed by atoms with Crippen LogP contribution in [0, 0.1) is 11.8 Å². The number of hydrogen-bond acceptors (Lipinski definition) is 4. The van der Waals surface area contributed by atoms with Gasteiger partial charge in [-0.1, -0.05) is 12.1 Å². The van der Waals surface area contributed by atoms with Gasteiger partial charge in [-0.15, -0.1) is 0 Å². The molecular formula is C18H25NO3. The van der Waals surface area contributed by atoms with Crippen molar-refractivity contribution in [2.45, 2.75) is 31.6 Å². The first-order valence-electron chi connectivity index (χ1n) is 8.26. The lowest BCUT2D eigenvalue weighted by atomic mass is 9.91. The molecule has 1 aliphatic carbocycles. The summed E-state index contributed by atoms with van der Waals surface area (Å²) in [6.07, 6.45) is 4.07. The summed E-state index contributed by atoms with van der Waals surface area (Å²) in [6, 6.07) is 8.25. The van der Waals surface area contributed by atoms with Crippen LogP contribution in [0.25, 0.3) is 0 Å². The largest absolute Gasteiger partial charge is 0.493 e. The van der Waals surface area contributed by atoms with E-state index in [4.69, 9.17) is 9.47 Å². The van der Waals surface area contributed by atoms with Crippen molar-refractivity contribution in [3.63, 3.8) is 0 Å². The highest BCUT2D eigenvalue weighted by molar-refractivity contribution is 5.70. The minimum Gasteiger partial charge on any atom is -0.493 e. The maximum Gasteiger partial charge on any atom is 0.306 e. The molecule has 1 aromatic carbocycles. The molecule has 2 fully saturated rings. The molecule has 120 valence electrons. The van der Waals surface area contributed by atoms with Crippen LogP contribution in [-0.2, 0) is 9.53 Å². The van der Waals surface area contributed by atoms with Crippen molar-refractivity contribution in [2.24, 2.45) is 11.8 Å². The van der Waals surface area contributed by atoms with Crippen LogP contribution in [0.3, 0.4) is 0 Å². The lowest BCUT2D eigenvalue weighted by Gasteiger charge is -2.17. The van der Waals surface area contributed by atoms with Crippen LogP contribution < -0.4 is 10.1 Å². The SMILES string of the molecule is COC(=O)CC(c1cccc(OCC2CCNC2)c1)C1CC1. The first kappa shape index (κ1) is 15.3. The summed E-state index contributed by atoms with van der Waals surface area (Å²) in [5, 5.41) is 3.36. The molecule has 4 heteroatoms. The molecule has 1 saturated heterocycles. The molecule has 1 saturated carbocycles. The molecule has 1 aromatic rings. The Labute approximate surface area is 132 Å². The summed E-state index contributed by atoms with van der Waals surface area (Å²) in [4.78, 5) is 11.7. The number of benzene rings is 1. The first-order valence-corrected chi connectivity index (χ1v) is 8.26. The van der Waals surface area contributed by atoms with E-state index >= 15 is 0 Å². The van der Waals surface area contributed by atoms with Crippen LogP contribution in [0.1, 0.15) is 37.2 Å². The van der Waals surface area contributed by atoms with Gasteiger partial charge in [0.25, 0.3) is 0 Å². The number of hydrogen-bond donors (Lipinski definition) is 1. The molecule has 0 amide bonds. The molecule has 22 heavy (non-hydrogen) atoms. The van der Waals surface area contributed by atoms with Crippen LogP contribution in [-0.4, -0.2) is 32.8 Å². The molecule has 2 unspecified atom stereocenters. The van der Waals surface area contributed by atoms with E-state index in [0.29, 0.717) is 18.3 Å². The van der Waals surface area contributed by atoms with Gasteiger partial charge in [0.05, 0.1) is 20.1 Å². The third kappa shape index (κ3) is 4.01. The van der Waals surface area contributed by atoms with Crippen molar-refractivity contribution >= 4 is 5.97 Å². The predicted molar refractivity (Wildman–Crippen MR) is 85.0 cm³/mol. The Morgan fingerprint density at radius 2 is 2.23 bits per heavy atom. The van der Waals surface area contributed by atoms with Gasteiger partial charge >= 0.3 is 5.97 Å². The highest BCUT2D eigenvalue weighted by atomic mass is 16.5. The van der Waals surface area contributed by atoms with Crippen molar-refractivity contribution in [1.82, 2.24) is 5.32 Å². The Hall–Kier alpha value is -1.55. The van der Waals surface area contributed by atoms with Crippen LogP contribution in [0.4, 0.5) is 0 Å². The van der Waals surface area contributed by atoms with E-state index in [9.17, 15) is 4.79 Å². The minimum atomic E-state index is -0.125. The third-order valence-electron chi connectivity index (χ3n) is 4.74. The zero-order chi connectivity index (χ0) is 15.4. The highest BCUT2D eigenvalue weighted by Gasteiger charge is 2.34. The summed E-state index contributed by atoms with van der Waals surface area (Å²) in [7, 11) is 1.46. The number of esters is 1. The second-order valence-electron chi connectivity index (χ2n) is 6.47. The van der Waals surface area contributed by atoms with Crippen molar-refractivity contribution in [2.75, 3.05) is 26.8 Å². The molecule has 1 heterocycles. The van der Waals surface area contributed by atoms with Crippen LogP contribution in [0.5, 0.6) is 5.75 Å². The average molecular weight is 303 g/mol. The number of ether oxygens (including phenoxy) is 2. The maximum absolute atomic E-state index is 11.7. The van der Waals surface area contributed by atoms with Crippen LogP contribution in [0.15, 0.2) is 24.3 Å². The van der Waals surface area contributed by atoms with Gasteiger partial charge in [0.15, 0.2) is 0 Å². The Morgan fingerprint density at radius 3 is 2.91 bits per heavy atom. The van der Waals surface area contributed by atoms with Crippen molar-refractivity contribution < 1.29 is 14.3 Å². The molecule has 1 N–H and O–H groups in total. The van der Waals surface area contributed by atoms with E-state index < -0.39 is 0 Å². The molecule has 0 radical (unpaired) electrons. The summed E-state index contributed by atoms with van der Waals surface area (Å²) >= 11 is 0. The van der Waals surface area contributed by atoms with Crippen LogP contribution in [0.2, 0.25) is 0 Å². The number of rotatable bonds is 7. The smallest absolute Gasteiger partial charge is 0.306 e. The minimum absolute atomic E-state index is 0.125. The highest BCUT2D eigenvalue weighted by Crippen LogP contribution is 2.45. The summed E-state index contributed by atoms with van der Waals surface area (Å²) in [6.45, 7) is 2.91. The molecule has 4 nitrogen and oxygen atoms in total. The first-order chi connectivity index (χ1) is 10.8. The van der Waals surface area contributed by atoms with Crippen molar-refractivity contribution in [3.05, 3.63) is 29.8 Å². The lowest BCUT2D eigenvalue weighted by molar-refractivity contribution is -0.141. The Kier molecular flexibility index (Phi) is 4.98. The summed E-state index contributed by atoms with van der Waals surface area (Å²) < 4.78 is 10.8. The monoisotopic (exact) mass is 303 g/mol. The van der Waals surface area contributed by atoms with Crippen molar-refractivity contribution in [3.8, 4) is 5.75 Å². The number of methoxy groups -OCH3 is 1. The summed E-state index contributed by atoms with van der Waals surface area (Å²) in [5.41, 5.74) is 1.20. The standard InChI is InChI=1S/C18H25NO3/c1-21-18(20)10-17(14-5-6-14)15-3-2-4-16(9-15)22-12-13-7-8-19-11-13/h2-4,9,13-14,17,19H,5-8,10-12H2,1H3. The fourth-order valence-electron chi connectivity index (χ4n) is 3.22. The Bertz CT molecular complexity index is 507. The van der Waals surface area contributed by atoms with Gasteiger partial charge in [-0.25, -0.2) is 0 Å². The molecule has 2 atom stereocenters. The number of carbonyl (C=O) groups is 1. The van der Waals surface area contributed by atoms with Gasteiger partial charge in [0, 0.05) is 12.5 Å². The topological polar surface area (TPSA) is 47.6 Å². The molecule has 2 aliphatic rings. The molecule has 0 spiro atoms. The lowest BCUT2D eigenvalue weighted by Crippen LogP contribution is -2.15. The maximum atomic E-state index is 11.7. The third-order valence-corrected chi connectivity index (χ3v) is 4.74. The van der Waals surface area contributed by atoms with E-state index in [1.807, 2.05) is 12.1 Å². The van der Waals surface area contributed by atoms with Gasteiger partial charge in [0.1, 0.15) is 5.75 Å². The van der Waals surface area contributed by atoms with Crippen LogP contribution >= 0.6 is 0 Å². The fourth-order valence-corrected chi connectivity index (χ4v) is 3.22. The zero-order valence-electron chi connectivity index (χ0n) is 13.2. The van der Waals surface area contributed by atoms with E-state index in [1.54, 1.807) is 0 Å². The molecule has 0 bridgehead atoms. The van der Waals surface area contributed by atoms with Gasteiger partial charge in [-0.3, -0.25) is 4.79 Å². The molecule has 0 aromatic heterocycles. The summed E-state index contributed by atoms with van der Waals surface area (Å²) in [5.74, 6) is 2.29. The molecule has 1 aliphatic heterocycles. The number of nitrogens with one attached hydrogen (secondary N) is 1. The van der Waals surface area contributed by atoms with E-state index in [2.05, 4.69) is 17.4 Å². The van der Waals surface area contributed by atoms with E-state index in [0.717, 1.165) is 25.4 Å². The number of carbonyl (C=O) groups excluding carboxylic acids is 1. The van der Waals surface area contributed by atoms with E-state index in [-0.39, 0.29) is 11.9 Å². The zero-order valence-corrected chi connectivity index (χ0v) is 13.2. The Morgan fingerprint density at radius 1 is 1.36 bits per heavy atom. The second kappa shape index (κ2) is 7.14.